The highest BCUT2D eigenvalue weighted by Crippen LogP contribution is 2.50. The lowest BCUT2D eigenvalue weighted by Crippen LogP contribution is -2.09. The van der Waals surface area contributed by atoms with Gasteiger partial charge in [-0.1, -0.05) is 127 Å². The number of aromatic nitrogens is 2. The minimum Gasteiger partial charge on any atom is -0.310 e. The molecule has 5 heteroatoms. The Kier molecular flexibility index (Phi) is 8.59. The highest BCUT2D eigenvalue weighted by molar-refractivity contribution is 6.30. The average molecular weight is 906 g/mol. The lowest BCUT2D eigenvalue weighted by atomic mass is 10.0. The number of anilines is 9. The molecule has 71 heavy (non-hydrogen) atoms. The average Bonchev–Trinajstić information content (AvgIpc) is 4.15. The molecular weight excluding hydrogens is 863 g/mol. The maximum absolute atomic E-state index is 2.54. The van der Waals surface area contributed by atoms with E-state index in [0.717, 1.165) is 51.2 Å². The van der Waals surface area contributed by atoms with Crippen molar-refractivity contribution in [3.63, 3.8) is 0 Å². The lowest BCUT2D eigenvalue weighted by Gasteiger charge is -2.26. The molecule has 4 aromatic heterocycles. The van der Waals surface area contributed by atoms with Crippen molar-refractivity contribution in [1.29, 1.82) is 0 Å². The van der Waals surface area contributed by atoms with Gasteiger partial charge in [0.1, 0.15) is 0 Å². The third-order valence-electron chi connectivity index (χ3n) is 14.6. The van der Waals surface area contributed by atoms with E-state index in [0.29, 0.717) is 0 Å². The van der Waals surface area contributed by atoms with Gasteiger partial charge in [0.15, 0.2) is 0 Å². The van der Waals surface area contributed by atoms with Gasteiger partial charge in [-0.05, 0) is 133 Å². The van der Waals surface area contributed by atoms with Crippen LogP contribution < -0.4 is 14.7 Å². The van der Waals surface area contributed by atoms with Crippen molar-refractivity contribution in [2.75, 3.05) is 14.7 Å². The number of benzene rings is 11. The fraction of sp³-hybridized carbons (Fsp3) is 0. The van der Waals surface area contributed by atoms with Crippen LogP contribution in [0.5, 0.6) is 0 Å². The van der Waals surface area contributed by atoms with Crippen LogP contribution in [-0.2, 0) is 0 Å². The van der Waals surface area contributed by atoms with E-state index in [2.05, 4.69) is 284 Å². The van der Waals surface area contributed by atoms with Gasteiger partial charge in [0.2, 0.25) is 0 Å². The molecule has 0 atom stereocenters. The first kappa shape index (κ1) is 39.4. The summed E-state index contributed by atoms with van der Waals surface area (Å²) in [7, 11) is 0. The zero-order valence-electron chi connectivity index (χ0n) is 38.6. The van der Waals surface area contributed by atoms with Crippen LogP contribution in [0.2, 0.25) is 0 Å². The van der Waals surface area contributed by atoms with Gasteiger partial charge in [-0.2, -0.15) is 0 Å². The second-order valence-electron chi connectivity index (χ2n) is 18.6. The third kappa shape index (κ3) is 5.93. The van der Waals surface area contributed by atoms with Crippen molar-refractivity contribution in [3.8, 4) is 0 Å². The summed E-state index contributed by atoms with van der Waals surface area (Å²) in [5, 5.41) is 9.82. The summed E-state index contributed by atoms with van der Waals surface area (Å²) in [6, 6.07) is 95.1. The summed E-state index contributed by atoms with van der Waals surface area (Å²) in [6.07, 6.45) is 0. The molecule has 11 aromatic carbocycles. The van der Waals surface area contributed by atoms with Crippen molar-refractivity contribution in [1.82, 2.24) is 8.80 Å². The molecule has 0 saturated carbocycles. The Hall–Kier alpha value is -9.58. The first-order valence-electron chi connectivity index (χ1n) is 24.3. The molecule has 0 fully saturated rings. The minimum atomic E-state index is 1.10. The number of nitrogens with zero attached hydrogens (tertiary/aromatic N) is 5. The fourth-order valence-electron chi connectivity index (χ4n) is 11.7. The molecule has 0 bridgehead atoms. The van der Waals surface area contributed by atoms with Gasteiger partial charge < -0.3 is 23.5 Å². The van der Waals surface area contributed by atoms with Crippen LogP contribution in [0.4, 0.5) is 51.2 Å². The smallest absolute Gasteiger partial charge is 0.0622 e. The predicted octanol–water partition coefficient (Wildman–Crippen LogP) is 18.4. The number of hydrogen-bond donors (Lipinski definition) is 0. The Balaban J connectivity index is 1.06. The van der Waals surface area contributed by atoms with Crippen LogP contribution in [0.1, 0.15) is 0 Å². The molecule has 0 unspecified atom stereocenters. The second-order valence-corrected chi connectivity index (χ2v) is 18.6. The number of rotatable bonds is 9. The van der Waals surface area contributed by atoms with Gasteiger partial charge >= 0.3 is 0 Å². The van der Waals surface area contributed by atoms with Gasteiger partial charge in [-0.25, -0.2) is 0 Å². The van der Waals surface area contributed by atoms with E-state index >= 15 is 0 Å². The summed E-state index contributed by atoms with van der Waals surface area (Å²) in [5.74, 6) is 0. The van der Waals surface area contributed by atoms with Crippen molar-refractivity contribution >= 4 is 127 Å². The molecule has 15 aromatic rings. The van der Waals surface area contributed by atoms with Crippen LogP contribution in [0.25, 0.3) is 76.2 Å². The first-order chi connectivity index (χ1) is 35.2. The Morgan fingerprint density at radius 3 is 0.873 bits per heavy atom. The first-order valence-corrected chi connectivity index (χ1v) is 24.3. The predicted molar refractivity (Wildman–Crippen MR) is 300 cm³/mol. The Morgan fingerprint density at radius 1 is 0.183 bits per heavy atom. The molecule has 0 aliphatic carbocycles. The van der Waals surface area contributed by atoms with E-state index in [1.165, 1.54) is 76.2 Å². The molecule has 0 radical (unpaired) electrons. The highest BCUT2D eigenvalue weighted by atomic mass is 15.2. The molecule has 0 amide bonds. The fourth-order valence-corrected chi connectivity index (χ4v) is 11.7. The molecule has 0 aliphatic heterocycles. The SMILES string of the molecule is c1ccc(N(c2ccccc2)c2ccc3c(c2)c2cc(N(c4ccccc4)c4ccccc4)cc4c5cc6c7cc(N(c8ccccc8)c8ccccc8)cc8c9ccccc9n(c6cc5n3c24)c87)cc1. The minimum absolute atomic E-state index is 1.10. The van der Waals surface area contributed by atoms with E-state index in [1.54, 1.807) is 0 Å². The van der Waals surface area contributed by atoms with Gasteiger partial charge in [0.05, 0.1) is 33.1 Å². The molecule has 0 spiro atoms. The Bertz CT molecular complexity index is 4320. The van der Waals surface area contributed by atoms with Crippen molar-refractivity contribution in [2.45, 2.75) is 0 Å². The standard InChI is InChI=1S/C66H43N5/c1-7-21-44(22-8-1)67(45-23-9-2-10-24-45)50-35-36-62-54(37-50)58-39-52(69(48-29-15-5-16-30-48)49-31-17-6-18-32-49)41-60-56-42-55-59-40-51(68(46-25-11-3-12-26-46)47-27-13-4-14-28-47)38-57-53-33-19-20-34-61(53)70(65(57)59)63(55)43-64(56)71(62)66(58)60/h1-43H. The molecule has 5 nitrogen and oxygen atoms in total. The van der Waals surface area contributed by atoms with Crippen molar-refractivity contribution in [2.24, 2.45) is 0 Å². The van der Waals surface area contributed by atoms with E-state index < -0.39 is 0 Å². The molecule has 0 N–H and O–H groups in total. The highest BCUT2D eigenvalue weighted by Gasteiger charge is 2.27. The van der Waals surface area contributed by atoms with Crippen molar-refractivity contribution in [3.05, 3.63) is 261 Å². The van der Waals surface area contributed by atoms with Gasteiger partial charge in [-0.15, -0.1) is 0 Å². The quantitative estimate of drug-likeness (QED) is 0.144. The van der Waals surface area contributed by atoms with E-state index in [9.17, 15) is 0 Å². The number of fused-ring (bicyclic) bond motifs is 12. The third-order valence-corrected chi connectivity index (χ3v) is 14.6. The molecule has 15 rings (SSSR count). The summed E-state index contributed by atoms with van der Waals surface area (Å²) >= 11 is 0. The van der Waals surface area contributed by atoms with Gasteiger partial charge in [-0.3, -0.25) is 0 Å². The summed E-state index contributed by atoms with van der Waals surface area (Å²) in [6.45, 7) is 0. The summed E-state index contributed by atoms with van der Waals surface area (Å²) in [4.78, 5) is 7.16. The molecular formula is C66H43N5. The van der Waals surface area contributed by atoms with Gasteiger partial charge in [0.25, 0.3) is 0 Å². The number of hydrogen-bond acceptors (Lipinski definition) is 3. The monoisotopic (exact) mass is 905 g/mol. The van der Waals surface area contributed by atoms with Crippen LogP contribution in [-0.4, -0.2) is 8.80 Å². The van der Waals surface area contributed by atoms with Crippen LogP contribution in [0, 0.1) is 0 Å². The summed E-state index contributed by atoms with van der Waals surface area (Å²) < 4.78 is 5.06. The molecule has 0 saturated heterocycles. The zero-order chi connectivity index (χ0) is 46.6. The van der Waals surface area contributed by atoms with Crippen LogP contribution in [0.3, 0.4) is 0 Å². The zero-order valence-corrected chi connectivity index (χ0v) is 38.6. The molecule has 4 heterocycles. The normalized spacial score (nSPS) is 11.9. The lowest BCUT2D eigenvalue weighted by molar-refractivity contribution is 1.28. The Morgan fingerprint density at radius 2 is 0.479 bits per heavy atom. The molecule has 0 aliphatic rings. The van der Waals surface area contributed by atoms with E-state index in [-0.39, 0.29) is 0 Å². The van der Waals surface area contributed by atoms with Crippen molar-refractivity contribution < 1.29 is 0 Å². The second kappa shape index (κ2) is 15.5. The summed E-state index contributed by atoms with van der Waals surface area (Å²) in [5.41, 5.74) is 17.2. The van der Waals surface area contributed by atoms with E-state index in [1.807, 2.05) is 0 Å². The maximum atomic E-state index is 2.54. The topological polar surface area (TPSA) is 18.5 Å². The van der Waals surface area contributed by atoms with Gasteiger partial charge in [0, 0.05) is 94.3 Å². The van der Waals surface area contributed by atoms with E-state index in [4.69, 9.17) is 0 Å². The van der Waals surface area contributed by atoms with Crippen LogP contribution in [0.15, 0.2) is 261 Å². The van der Waals surface area contributed by atoms with Crippen LogP contribution >= 0.6 is 0 Å². The largest absolute Gasteiger partial charge is 0.310 e. The molecule has 332 valence electrons. The number of para-hydroxylation sites is 7. The Labute approximate surface area is 409 Å². The maximum Gasteiger partial charge on any atom is 0.0622 e.